The van der Waals surface area contributed by atoms with Gasteiger partial charge in [-0.3, -0.25) is 0 Å². The van der Waals surface area contributed by atoms with Crippen LogP contribution in [0.5, 0.6) is 5.75 Å². The average Bonchev–Trinajstić information content (AvgIpc) is 2.82. The molecule has 0 radical (unpaired) electrons. The number of alkyl halides is 1. The Morgan fingerprint density at radius 3 is 2.76 bits per heavy atom. The first kappa shape index (κ1) is 14.3. The molecule has 4 heteroatoms. The Hall–Kier alpha value is -1.61. The summed E-state index contributed by atoms with van der Waals surface area (Å²) in [5, 5.41) is -0.855. The molecule has 0 N–H and O–H groups in total. The molecule has 0 saturated heterocycles. The van der Waals surface area contributed by atoms with Gasteiger partial charge in [0.25, 0.3) is 0 Å². The molecular weight excluding hydrogens is 294 g/mol. The summed E-state index contributed by atoms with van der Waals surface area (Å²) in [6.07, 6.45) is 0.905. The van der Waals surface area contributed by atoms with Gasteiger partial charge in [0.05, 0.1) is 5.38 Å². The molecule has 2 atom stereocenters. The lowest BCUT2D eigenvalue weighted by atomic mass is 9.98. The monoisotopic (exact) mass is 308 g/mol. The second kappa shape index (κ2) is 5.30. The van der Waals surface area contributed by atoms with Crippen molar-refractivity contribution in [3.8, 4) is 5.75 Å². The highest BCUT2D eigenvalue weighted by Crippen LogP contribution is 2.37. The molecule has 110 valence electrons. The Balaban J connectivity index is 2.02. The van der Waals surface area contributed by atoms with Gasteiger partial charge in [-0.05, 0) is 42.7 Å². The van der Waals surface area contributed by atoms with Crippen LogP contribution in [-0.2, 0) is 6.42 Å². The molecule has 2 aromatic carbocycles. The fourth-order valence-corrected chi connectivity index (χ4v) is 3.01. The van der Waals surface area contributed by atoms with Crippen LogP contribution in [0.1, 0.15) is 34.6 Å². The molecule has 0 saturated carbocycles. The number of benzene rings is 2. The maximum atomic E-state index is 14.2. The van der Waals surface area contributed by atoms with Crippen molar-refractivity contribution >= 4 is 11.6 Å². The zero-order valence-electron chi connectivity index (χ0n) is 11.8. The van der Waals surface area contributed by atoms with E-state index in [1.807, 2.05) is 19.1 Å². The summed E-state index contributed by atoms with van der Waals surface area (Å²) in [5.41, 5.74) is 1.99. The Morgan fingerprint density at radius 1 is 1.24 bits per heavy atom. The molecule has 0 spiro atoms. The third kappa shape index (κ3) is 2.51. The molecule has 0 amide bonds. The zero-order chi connectivity index (χ0) is 15.1. The van der Waals surface area contributed by atoms with Crippen LogP contribution in [0.25, 0.3) is 0 Å². The molecule has 1 aliphatic heterocycles. The standard InChI is InChI=1S/C17H15ClF2O/c1-9-3-5-13(19)15(17(9)20)16(18)11-4-6-14-12(8-11)7-10(2)21-14/h3-6,8,10,16H,7H2,1-2H3. The number of rotatable bonds is 2. The van der Waals surface area contributed by atoms with E-state index < -0.39 is 17.0 Å². The maximum absolute atomic E-state index is 14.2. The van der Waals surface area contributed by atoms with Gasteiger partial charge >= 0.3 is 0 Å². The predicted octanol–water partition coefficient (Wildman–Crippen LogP) is 4.92. The second-order valence-electron chi connectivity index (χ2n) is 5.45. The van der Waals surface area contributed by atoms with Crippen molar-refractivity contribution in [3.05, 3.63) is 64.2 Å². The third-order valence-corrected chi connectivity index (χ3v) is 4.26. The first-order valence-corrected chi connectivity index (χ1v) is 7.29. The lowest BCUT2D eigenvalue weighted by Crippen LogP contribution is -2.05. The molecule has 1 nitrogen and oxygen atoms in total. The summed E-state index contributed by atoms with van der Waals surface area (Å²) in [4.78, 5) is 0. The van der Waals surface area contributed by atoms with Crippen molar-refractivity contribution in [1.82, 2.24) is 0 Å². The molecule has 0 aliphatic carbocycles. The van der Waals surface area contributed by atoms with E-state index in [0.29, 0.717) is 11.1 Å². The van der Waals surface area contributed by atoms with Gasteiger partial charge in [0.1, 0.15) is 23.5 Å². The van der Waals surface area contributed by atoms with Crippen molar-refractivity contribution in [2.45, 2.75) is 31.7 Å². The van der Waals surface area contributed by atoms with E-state index >= 15 is 0 Å². The molecule has 1 aliphatic rings. The summed E-state index contributed by atoms with van der Waals surface area (Å²) in [6.45, 7) is 3.58. The van der Waals surface area contributed by atoms with Crippen LogP contribution >= 0.6 is 11.6 Å². The van der Waals surface area contributed by atoms with Gasteiger partial charge < -0.3 is 4.74 Å². The molecule has 21 heavy (non-hydrogen) atoms. The molecule has 1 heterocycles. The van der Waals surface area contributed by atoms with E-state index in [0.717, 1.165) is 17.7 Å². The normalized spacial score (nSPS) is 18.2. The fraction of sp³-hybridized carbons (Fsp3) is 0.294. The van der Waals surface area contributed by atoms with Crippen LogP contribution in [-0.4, -0.2) is 6.10 Å². The maximum Gasteiger partial charge on any atom is 0.134 e. The first-order valence-electron chi connectivity index (χ1n) is 6.85. The van der Waals surface area contributed by atoms with Gasteiger partial charge in [-0.2, -0.15) is 0 Å². The molecule has 0 fully saturated rings. The Morgan fingerprint density at radius 2 is 2.00 bits per heavy atom. The smallest absolute Gasteiger partial charge is 0.134 e. The highest BCUT2D eigenvalue weighted by molar-refractivity contribution is 6.22. The van der Waals surface area contributed by atoms with Crippen LogP contribution in [0, 0.1) is 18.6 Å². The quantitative estimate of drug-likeness (QED) is 0.715. The number of hydrogen-bond acceptors (Lipinski definition) is 1. The summed E-state index contributed by atoms with van der Waals surface area (Å²) >= 11 is 6.33. The molecule has 0 aromatic heterocycles. The molecule has 3 rings (SSSR count). The Labute approximate surface area is 127 Å². The molecule has 2 aromatic rings. The van der Waals surface area contributed by atoms with Crippen molar-refractivity contribution in [3.63, 3.8) is 0 Å². The van der Waals surface area contributed by atoms with Gasteiger partial charge in [-0.25, -0.2) is 8.78 Å². The molecular formula is C17H15ClF2O. The van der Waals surface area contributed by atoms with Crippen LogP contribution in [0.15, 0.2) is 30.3 Å². The molecule has 2 unspecified atom stereocenters. The number of ether oxygens (including phenoxy) is 1. The van der Waals surface area contributed by atoms with E-state index in [9.17, 15) is 8.78 Å². The predicted molar refractivity (Wildman–Crippen MR) is 79.0 cm³/mol. The van der Waals surface area contributed by atoms with E-state index in [-0.39, 0.29) is 11.7 Å². The van der Waals surface area contributed by atoms with Gasteiger partial charge in [0.2, 0.25) is 0 Å². The lowest BCUT2D eigenvalue weighted by Gasteiger charge is -2.14. The van der Waals surface area contributed by atoms with Crippen molar-refractivity contribution in [2.75, 3.05) is 0 Å². The highest BCUT2D eigenvalue weighted by Gasteiger charge is 2.24. The number of halogens is 3. The van der Waals surface area contributed by atoms with Gasteiger partial charge in [0.15, 0.2) is 0 Å². The van der Waals surface area contributed by atoms with Crippen molar-refractivity contribution in [2.24, 2.45) is 0 Å². The Kier molecular flexibility index (Phi) is 3.62. The van der Waals surface area contributed by atoms with Gasteiger partial charge in [-0.15, -0.1) is 11.6 Å². The summed E-state index contributed by atoms with van der Waals surface area (Å²) < 4.78 is 33.8. The minimum Gasteiger partial charge on any atom is -0.490 e. The first-order chi connectivity index (χ1) is 9.97. The van der Waals surface area contributed by atoms with Gasteiger partial charge in [-0.1, -0.05) is 18.2 Å². The van der Waals surface area contributed by atoms with Crippen LogP contribution in [0.3, 0.4) is 0 Å². The van der Waals surface area contributed by atoms with E-state index in [2.05, 4.69) is 0 Å². The van der Waals surface area contributed by atoms with Gasteiger partial charge in [0, 0.05) is 12.0 Å². The van der Waals surface area contributed by atoms with Crippen LogP contribution in [0.2, 0.25) is 0 Å². The van der Waals surface area contributed by atoms with E-state index in [1.165, 1.54) is 12.1 Å². The SMILES string of the molecule is Cc1ccc(F)c(C(Cl)c2ccc3c(c2)CC(C)O3)c1F. The summed E-state index contributed by atoms with van der Waals surface area (Å²) in [5.74, 6) is -0.386. The number of fused-ring (bicyclic) bond motifs is 1. The van der Waals surface area contributed by atoms with E-state index in [1.54, 1.807) is 13.0 Å². The summed E-state index contributed by atoms with van der Waals surface area (Å²) in [7, 11) is 0. The Bertz CT molecular complexity index is 699. The minimum atomic E-state index is -0.855. The average molecular weight is 309 g/mol. The highest BCUT2D eigenvalue weighted by atomic mass is 35.5. The van der Waals surface area contributed by atoms with Crippen molar-refractivity contribution in [1.29, 1.82) is 0 Å². The lowest BCUT2D eigenvalue weighted by molar-refractivity contribution is 0.254. The van der Waals surface area contributed by atoms with Crippen molar-refractivity contribution < 1.29 is 13.5 Å². The minimum absolute atomic E-state index is 0.0939. The third-order valence-electron chi connectivity index (χ3n) is 3.79. The second-order valence-corrected chi connectivity index (χ2v) is 5.89. The fourth-order valence-electron chi connectivity index (χ4n) is 2.68. The zero-order valence-corrected chi connectivity index (χ0v) is 12.5. The van der Waals surface area contributed by atoms with Crippen LogP contribution in [0.4, 0.5) is 8.78 Å². The largest absolute Gasteiger partial charge is 0.490 e. The van der Waals surface area contributed by atoms with E-state index in [4.69, 9.17) is 16.3 Å². The number of aryl methyl sites for hydroxylation is 1. The molecule has 0 bridgehead atoms. The van der Waals surface area contributed by atoms with Crippen LogP contribution < -0.4 is 4.74 Å². The number of hydrogen-bond donors (Lipinski definition) is 0. The summed E-state index contributed by atoms with van der Waals surface area (Å²) in [6, 6.07) is 8.11. The topological polar surface area (TPSA) is 9.23 Å².